The summed E-state index contributed by atoms with van der Waals surface area (Å²) in [5.41, 5.74) is 4.75. The van der Waals surface area contributed by atoms with Crippen molar-refractivity contribution in [1.29, 1.82) is 0 Å². The Kier molecular flexibility index (Phi) is 8.27. The SMILES string of the molecule is COc1cc2c(cc1C(C)[P+](c1ccccc1)(c1ccccc1)c1ccccc1)C(C)(C)CCC2(C)C.[Br-]. The quantitative estimate of drug-likeness (QED) is 0.285. The summed E-state index contributed by atoms with van der Waals surface area (Å²) in [6.07, 6.45) is 2.39. The van der Waals surface area contributed by atoms with Gasteiger partial charge in [0.15, 0.2) is 0 Å². The van der Waals surface area contributed by atoms with Gasteiger partial charge in [0.2, 0.25) is 0 Å². The van der Waals surface area contributed by atoms with Crippen molar-refractivity contribution < 1.29 is 21.7 Å². The molecule has 0 saturated heterocycles. The van der Waals surface area contributed by atoms with E-state index in [0.717, 1.165) is 5.75 Å². The zero-order chi connectivity index (χ0) is 26.3. The van der Waals surface area contributed by atoms with Gasteiger partial charge in [-0.1, -0.05) is 82.3 Å². The maximum Gasteiger partial charge on any atom is 0.126 e. The molecule has 0 heterocycles. The van der Waals surface area contributed by atoms with E-state index in [4.69, 9.17) is 4.74 Å². The van der Waals surface area contributed by atoms with E-state index in [1.165, 1.54) is 45.4 Å². The van der Waals surface area contributed by atoms with Crippen LogP contribution in [0.1, 0.15) is 69.8 Å². The third kappa shape index (κ3) is 4.76. The minimum absolute atomic E-state index is 0. The fourth-order valence-corrected chi connectivity index (χ4v) is 11.2. The van der Waals surface area contributed by atoms with Crippen LogP contribution < -0.4 is 37.6 Å². The predicted octanol–water partition coefficient (Wildman–Crippen LogP) is 5.10. The molecular weight excluding hydrogens is 547 g/mol. The fourth-order valence-electron chi connectivity index (χ4n) is 6.43. The molecule has 4 aromatic carbocycles. The van der Waals surface area contributed by atoms with Crippen LogP contribution in [0.25, 0.3) is 0 Å². The van der Waals surface area contributed by atoms with Gasteiger partial charge in [0.25, 0.3) is 0 Å². The van der Waals surface area contributed by atoms with Gasteiger partial charge in [-0.25, -0.2) is 0 Å². The van der Waals surface area contributed by atoms with Crippen LogP contribution in [0.3, 0.4) is 0 Å². The molecule has 0 bridgehead atoms. The van der Waals surface area contributed by atoms with Crippen LogP contribution in [0.4, 0.5) is 0 Å². The number of benzene rings is 4. The Morgan fingerprint density at radius 1 is 0.632 bits per heavy atom. The average molecular weight is 588 g/mol. The molecule has 0 aliphatic heterocycles. The van der Waals surface area contributed by atoms with E-state index >= 15 is 0 Å². The highest BCUT2D eigenvalue weighted by molar-refractivity contribution is 7.95. The van der Waals surface area contributed by atoms with Gasteiger partial charge in [0.05, 0.1) is 7.11 Å². The highest BCUT2D eigenvalue weighted by Crippen LogP contribution is 2.68. The number of fused-ring (bicyclic) bond motifs is 1. The summed E-state index contributed by atoms with van der Waals surface area (Å²) in [6, 6.07) is 38.4. The largest absolute Gasteiger partial charge is 1.00 e. The van der Waals surface area contributed by atoms with Gasteiger partial charge in [-0.05, 0) is 90.3 Å². The minimum Gasteiger partial charge on any atom is -1.00 e. The third-order valence-corrected chi connectivity index (χ3v) is 13.5. The van der Waals surface area contributed by atoms with Crippen LogP contribution >= 0.6 is 7.26 Å². The van der Waals surface area contributed by atoms with Crippen molar-refractivity contribution in [3.63, 3.8) is 0 Å². The summed E-state index contributed by atoms with van der Waals surface area (Å²) in [7, 11) is -0.256. The number of halogens is 1. The summed E-state index contributed by atoms with van der Waals surface area (Å²) in [5, 5.41) is 4.21. The molecule has 198 valence electrons. The van der Waals surface area contributed by atoms with E-state index in [9.17, 15) is 0 Å². The molecule has 1 aliphatic rings. The van der Waals surface area contributed by atoms with Gasteiger partial charge in [-0.3, -0.25) is 0 Å². The molecule has 0 radical (unpaired) electrons. The van der Waals surface area contributed by atoms with Gasteiger partial charge in [0, 0.05) is 5.56 Å². The van der Waals surface area contributed by atoms with Crippen molar-refractivity contribution in [2.45, 2.75) is 63.9 Å². The Bertz CT molecular complexity index is 1270. The lowest BCUT2D eigenvalue weighted by Gasteiger charge is -2.43. The summed E-state index contributed by atoms with van der Waals surface area (Å²) in [5.74, 6) is 1.02. The molecule has 38 heavy (non-hydrogen) atoms. The molecule has 0 saturated carbocycles. The first-order valence-corrected chi connectivity index (χ1v) is 15.4. The second-order valence-corrected chi connectivity index (χ2v) is 15.6. The molecule has 0 fully saturated rings. The summed E-state index contributed by atoms with van der Waals surface area (Å²) >= 11 is 0. The van der Waals surface area contributed by atoms with Crippen molar-refractivity contribution in [1.82, 2.24) is 0 Å². The monoisotopic (exact) mass is 586 g/mol. The average Bonchev–Trinajstić information content (AvgIpc) is 2.93. The Hall–Kier alpha value is -2.41. The molecule has 0 aromatic heterocycles. The number of hydrogen-bond acceptors (Lipinski definition) is 1. The zero-order valence-corrected chi connectivity index (χ0v) is 26.0. The van der Waals surface area contributed by atoms with Crippen molar-refractivity contribution in [2.24, 2.45) is 0 Å². The second kappa shape index (κ2) is 11.0. The highest BCUT2D eigenvalue weighted by Gasteiger charge is 2.52. The van der Waals surface area contributed by atoms with E-state index in [1.807, 2.05) is 7.11 Å². The first kappa shape index (κ1) is 28.6. The third-order valence-electron chi connectivity index (χ3n) is 8.72. The number of methoxy groups -OCH3 is 1. The number of hydrogen-bond donors (Lipinski definition) is 0. The predicted molar refractivity (Wildman–Crippen MR) is 162 cm³/mol. The van der Waals surface area contributed by atoms with Crippen LogP contribution in [0.2, 0.25) is 0 Å². The molecule has 1 aliphatic carbocycles. The van der Waals surface area contributed by atoms with Gasteiger partial charge in [-0.15, -0.1) is 0 Å². The fraction of sp³-hybridized carbons (Fsp3) is 0.314. The van der Waals surface area contributed by atoms with Crippen molar-refractivity contribution in [3.8, 4) is 5.75 Å². The lowest BCUT2D eigenvalue weighted by atomic mass is 9.63. The molecule has 4 aromatic rings. The molecule has 1 atom stereocenters. The topological polar surface area (TPSA) is 9.23 Å². The van der Waals surface area contributed by atoms with Crippen molar-refractivity contribution >= 4 is 23.2 Å². The van der Waals surface area contributed by atoms with Crippen LogP contribution in [-0.2, 0) is 10.8 Å². The lowest BCUT2D eigenvalue weighted by Crippen LogP contribution is -3.00. The zero-order valence-electron chi connectivity index (χ0n) is 23.5. The first-order valence-electron chi connectivity index (χ1n) is 13.5. The standard InChI is InChI=1S/C35H40OP.BrH/c1-26(30-24-31-32(25-33(30)36-6)35(4,5)23-22-34(31,2)3)37(27-16-10-7-11-17-27,28-18-12-8-13-19-28)29-20-14-9-15-21-29;/h7-21,24-26H,22-23H2,1-6H3;1H/q+1;/p-1. The lowest BCUT2D eigenvalue weighted by molar-refractivity contribution is -0.00000819. The molecule has 1 unspecified atom stereocenters. The van der Waals surface area contributed by atoms with Crippen molar-refractivity contribution in [2.75, 3.05) is 7.11 Å². The Morgan fingerprint density at radius 3 is 1.37 bits per heavy atom. The van der Waals surface area contributed by atoms with E-state index in [2.05, 4.69) is 138 Å². The van der Waals surface area contributed by atoms with Crippen LogP contribution in [0.15, 0.2) is 103 Å². The molecule has 5 rings (SSSR count). The van der Waals surface area contributed by atoms with E-state index in [-0.39, 0.29) is 33.5 Å². The summed E-state index contributed by atoms with van der Waals surface area (Å²) in [4.78, 5) is 0. The molecule has 3 heteroatoms. The van der Waals surface area contributed by atoms with Crippen LogP contribution in [0.5, 0.6) is 5.75 Å². The molecule has 0 N–H and O–H groups in total. The van der Waals surface area contributed by atoms with E-state index in [0.29, 0.717) is 0 Å². The minimum atomic E-state index is -2.10. The van der Waals surface area contributed by atoms with Gasteiger partial charge in [0.1, 0.15) is 34.6 Å². The van der Waals surface area contributed by atoms with Gasteiger partial charge < -0.3 is 21.7 Å². The highest BCUT2D eigenvalue weighted by atomic mass is 79.9. The smallest absolute Gasteiger partial charge is 0.126 e. The number of ether oxygens (including phenoxy) is 1. The Morgan fingerprint density at radius 2 is 1.00 bits per heavy atom. The number of rotatable bonds is 6. The van der Waals surface area contributed by atoms with E-state index in [1.54, 1.807) is 0 Å². The summed E-state index contributed by atoms with van der Waals surface area (Å²) in [6.45, 7) is 12.0. The van der Waals surface area contributed by atoms with Crippen molar-refractivity contribution in [3.05, 3.63) is 120 Å². The van der Waals surface area contributed by atoms with Crippen LogP contribution in [-0.4, -0.2) is 7.11 Å². The second-order valence-electron chi connectivity index (χ2n) is 11.8. The first-order chi connectivity index (χ1) is 17.7. The van der Waals surface area contributed by atoms with E-state index < -0.39 is 7.26 Å². The Balaban J connectivity index is 0.00000336. The summed E-state index contributed by atoms with van der Waals surface area (Å²) < 4.78 is 6.21. The molecule has 0 spiro atoms. The normalized spacial score (nSPS) is 16.6. The maximum atomic E-state index is 6.21. The van der Waals surface area contributed by atoms with Gasteiger partial charge >= 0.3 is 0 Å². The maximum absolute atomic E-state index is 6.21. The van der Waals surface area contributed by atoms with Crippen LogP contribution in [0, 0.1) is 0 Å². The molecule has 1 nitrogen and oxygen atoms in total. The van der Waals surface area contributed by atoms with Gasteiger partial charge in [-0.2, -0.15) is 0 Å². The molecular formula is C35H40BrOP. The Labute approximate surface area is 240 Å². The molecule has 0 amide bonds.